The van der Waals surface area contributed by atoms with Crippen molar-refractivity contribution in [3.05, 3.63) is 30.1 Å². The molecular weight excluding hydrogens is 266 g/mol. The van der Waals surface area contributed by atoms with Crippen LogP contribution in [0, 0.1) is 6.92 Å². The number of anilines is 2. The van der Waals surface area contributed by atoms with Crippen LogP contribution in [0.4, 0.5) is 11.6 Å². The van der Waals surface area contributed by atoms with Crippen LogP contribution in [0.5, 0.6) is 0 Å². The molecule has 0 saturated heterocycles. The third-order valence-corrected chi connectivity index (χ3v) is 3.92. The van der Waals surface area contributed by atoms with Crippen molar-refractivity contribution in [3.8, 4) is 0 Å². The maximum atomic E-state index is 12.3. The summed E-state index contributed by atoms with van der Waals surface area (Å²) in [6, 6.07) is 4.72. The molecule has 19 heavy (non-hydrogen) atoms. The van der Waals surface area contributed by atoms with Gasteiger partial charge in [-0.1, -0.05) is 0 Å². The first-order chi connectivity index (χ1) is 8.94. The molecule has 2 N–H and O–H groups in total. The molecule has 0 atom stereocenters. The predicted molar refractivity (Wildman–Crippen MR) is 72.5 cm³/mol. The summed E-state index contributed by atoms with van der Waals surface area (Å²) in [6.07, 6.45) is 1.53. The minimum absolute atomic E-state index is 0.0938. The van der Waals surface area contributed by atoms with E-state index in [0.29, 0.717) is 11.6 Å². The van der Waals surface area contributed by atoms with Gasteiger partial charge < -0.3 is 5.32 Å². The van der Waals surface area contributed by atoms with Gasteiger partial charge in [0.2, 0.25) is 0 Å². The molecule has 2 rings (SSSR count). The zero-order valence-electron chi connectivity index (χ0n) is 10.9. The highest BCUT2D eigenvalue weighted by Gasteiger charge is 2.20. The number of aromatic nitrogens is 3. The minimum Gasteiger partial charge on any atom is -0.372 e. The summed E-state index contributed by atoms with van der Waals surface area (Å²) in [4.78, 5) is 4.07. The fourth-order valence-electron chi connectivity index (χ4n) is 1.69. The van der Waals surface area contributed by atoms with E-state index in [-0.39, 0.29) is 4.90 Å². The second-order valence-electron chi connectivity index (χ2n) is 4.00. The van der Waals surface area contributed by atoms with Crippen molar-refractivity contribution >= 4 is 21.7 Å². The highest BCUT2D eigenvalue weighted by molar-refractivity contribution is 7.92. The highest BCUT2D eigenvalue weighted by atomic mass is 32.2. The Kier molecular flexibility index (Phi) is 3.43. The van der Waals surface area contributed by atoms with E-state index in [1.807, 2.05) is 0 Å². The molecule has 0 saturated carbocycles. The van der Waals surface area contributed by atoms with E-state index in [2.05, 4.69) is 20.1 Å². The molecule has 0 radical (unpaired) electrons. The third kappa shape index (κ3) is 2.68. The molecule has 0 fully saturated rings. The van der Waals surface area contributed by atoms with Gasteiger partial charge in [-0.15, -0.1) is 0 Å². The number of rotatable bonds is 4. The van der Waals surface area contributed by atoms with Gasteiger partial charge in [0, 0.05) is 26.4 Å². The lowest BCUT2D eigenvalue weighted by Crippen LogP contribution is -2.17. The lowest BCUT2D eigenvalue weighted by Gasteiger charge is -2.10. The number of aryl methyl sites for hydroxylation is 2. The lowest BCUT2D eigenvalue weighted by atomic mass is 10.5. The van der Waals surface area contributed by atoms with Crippen LogP contribution in [-0.4, -0.2) is 30.2 Å². The molecule has 2 aromatic rings. The van der Waals surface area contributed by atoms with E-state index in [4.69, 9.17) is 0 Å². The smallest absolute Gasteiger partial charge is 0.266 e. The Labute approximate surface area is 111 Å². The molecule has 0 aliphatic rings. The Morgan fingerprint density at radius 2 is 2.11 bits per heavy atom. The summed E-state index contributed by atoms with van der Waals surface area (Å²) in [6.45, 7) is 1.79. The van der Waals surface area contributed by atoms with Crippen LogP contribution < -0.4 is 10.0 Å². The van der Waals surface area contributed by atoms with E-state index in [1.54, 1.807) is 33.2 Å². The maximum Gasteiger partial charge on any atom is 0.266 e. The normalized spacial score (nSPS) is 11.3. The van der Waals surface area contributed by atoms with E-state index in [9.17, 15) is 8.42 Å². The SMILES string of the molecule is CNc1ncccc1S(=O)(=O)Nc1cc(C)nn1C. The van der Waals surface area contributed by atoms with Crippen molar-refractivity contribution in [3.63, 3.8) is 0 Å². The third-order valence-electron chi connectivity index (χ3n) is 2.54. The second-order valence-corrected chi connectivity index (χ2v) is 5.65. The lowest BCUT2D eigenvalue weighted by molar-refractivity contribution is 0.600. The molecule has 0 aliphatic heterocycles. The van der Waals surface area contributed by atoms with Crippen molar-refractivity contribution < 1.29 is 8.42 Å². The first-order valence-electron chi connectivity index (χ1n) is 5.60. The number of pyridine rings is 1. The van der Waals surface area contributed by atoms with Crippen molar-refractivity contribution in [1.29, 1.82) is 0 Å². The van der Waals surface area contributed by atoms with E-state index in [1.165, 1.54) is 16.9 Å². The summed E-state index contributed by atoms with van der Waals surface area (Å²) < 4.78 is 28.6. The fourth-order valence-corrected chi connectivity index (χ4v) is 2.94. The van der Waals surface area contributed by atoms with E-state index >= 15 is 0 Å². The molecule has 7 nitrogen and oxygen atoms in total. The van der Waals surface area contributed by atoms with Crippen LogP contribution in [0.3, 0.4) is 0 Å². The van der Waals surface area contributed by atoms with Crippen molar-refractivity contribution in [2.45, 2.75) is 11.8 Å². The summed E-state index contributed by atoms with van der Waals surface area (Å²) >= 11 is 0. The van der Waals surface area contributed by atoms with Gasteiger partial charge in [-0.3, -0.25) is 9.40 Å². The first kappa shape index (κ1) is 13.3. The summed E-state index contributed by atoms with van der Waals surface area (Å²) in [7, 11) is -0.407. The van der Waals surface area contributed by atoms with Crippen LogP contribution in [0.2, 0.25) is 0 Å². The predicted octanol–water partition coefficient (Wildman–Crippen LogP) is 0.966. The molecule has 0 bridgehead atoms. The molecule has 8 heteroatoms. The van der Waals surface area contributed by atoms with Crippen molar-refractivity contribution in [1.82, 2.24) is 14.8 Å². The van der Waals surface area contributed by atoms with Gasteiger partial charge in [-0.25, -0.2) is 13.4 Å². The van der Waals surface area contributed by atoms with Gasteiger partial charge in [-0.05, 0) is 19.1 Å². The average molecular weight is 281 g/mol. The molecule has 2 aromatic heterocycles. The van der Waals surface area contributed by atoms with Gasteiger partial charge in [0.25, 0.3) is 10.0 Å². The minimum atomic E-state index is -3.70. The molecular formula is C11H15N5O2S. The van der Waals surface area contributed by atoms with Gasteiger partial charge in [0.1, 0.15) is 16.5 Å². The largest absolute Gasteiger partial charge is 0.372 e. The molecule has 0 spiro atoms. The van der Waals surface area contributed by atoms with Gasteiger partial charge in [0.05, 0.1) is 5.69 Å². The topological polar surface area (TPSA) is 88.9 Å². The van der Waals surface area contributed by atoms with Crippen LogP contribution in [0.25, 0.3) is 0 Å². The highest BCUT2D eigenvalue weighted by Crippen LogP contribution is 2.21. The molecule has 102 valence electrons. The summed E-state index contributed by atoms with van der Waals surface area (Å²) in [5.74, 6) is 0.706. The molecule has 0 unspecified atom stereocenters. The van der Waals surface area contributed by atoms with Crippen LogP contribution in [-0.2, 0) is 17.1 Å². The first-order valence-corrected chi connectivity index (χ1v) is 7.08. The van der Waals surface area contributed by atoms with Gasteiger partial charge in [-0.2, -0.15) is 5.10 Å². The second kappa shape index (κ2) is 4.88. The number of hydrogen-bond donors (Lipinski definition) is 2. The molecule has 0 amide bonds. The van der Waals surface area contributed by atoms with Crippen LogP contribution in [0.1, 0.15) is 5.69 Å². The van der Waals surface area contributed by atoms with Gasteiger partial charge >= 0.3 is 0 Å². The fraction of sp³-hybridized carbons (Fsp3) is 0.273. The van der Waals surface area contributed by atoms with Gasteiger partial charge in [0.15, 0.2) is 0 Å². The standard InChI is InChI=1S/C11H15N5O2S/c1-8-7-10(16(3)14-8)15-19(17,18)9-5-4-6-13-11(9)12-2/h4-7,15H,1-3H3,(H,12,13). The Hall–Kier alpha value is -2.09. The average Bonchev–Trinajstić information content (AvgIpc) is 2.67. The number of sulfonamides is 1. The van der Waals surface area contributed by atoms with Crippen LogP contribution >= 0.6 is 0 Å². The molecule has 0 aromatic carbocycles. The molecule has 2 heterocycles. The zero-order chi connectivity index (χ0) is 14.0. The summed E-state index contributed by atoms with van der Waals surface area (Å²) in [5.41, 5.74) is 0.736. The maximum absolute atomic E-state index is 12.3. The summed E-state index contributed by atoms with van der Waals surface area (Å²) in [5, 5.41) is 6.84. The Bertz CT molecular complexity index is 693. The Morgan fingerprint density at radius 3 is 2.68 bits per heavy atom. The van der Waals surface area contributed by atoms with Crippen molar-refractivity contribution in [2.75, 3.05) is 17.1 Å². The Balaban J connectivity index is 2.40. The Morgan fingerprint density at radius 1 is 1.37 bits per heavy atom. The number of hydrogen-bond acceptors (Lipinski definition) is 5. The van der Waals surface area contributed by atoms with Crippen molar-refractivity contribution in [2.24, 2.45) is 7.05 Å². The monoisotopic (exact) mass is 281 g/mol. The van der Waals surface area contributed by atoms with E-state index in [0.717, 1.165) is 5.69 Å². The van der Waals surface area contributed by atoms with Crippen LogP contribution in [0.15, 0.2) is 29.3 Å². The quantitative estimate of drug-likeness (QED) is 0.871. The molecule has 0 aliphatic carbocycles. The zero-order valence-corrected chi connectivity index (χ0v) is 11.7. The van der Waals surface area contributed by atoms with E-state index < -0.39 is 10.0 Å². The number of nitrogens with zero attached hydrogens (tertiary/aromatic N) is 3. The number of nitrogens with one attached hydrogen (secondary N) is 2.